The Balaban J connectivity index is 1.64. The van der Waals surface area contributed by atoms with Crippen LogP contribution >= 0.6 is 0 Å². The predicted octanol–water partition coefficient (Wildman–Crippen LogP) is 3.00. The number of hydrogen-bond acceptors (Lipinski definition) is 4. The van der Waals surface area contributed by atoms with Crippen LogP contribution < -0.4 is 4.31 Å². The normalized spacial score (nSPS) is 18.6. The summed E-state index contributed by atoms with van der Waals surface area (Å²) in [6.45, 7) is 1.47. The SMILES string of the molecule is O=S(=O)(c1ccc(S(=O)(=O)N2CCCc3ccccc32)cc1)N1CCCCC1. The molecule has 0 amide bonds. The number of benzene rings is 2. The zero-order valence-electron chi connectivity index (χ0n) is 15.6. The molecule has 2 aliphatic rings. The number of rotatable bonds is 4. The summed E-state index contributed by atoms with van der Waals surface area (Å²) in [5.41, 5.74) is 1.72. The van der Waals surface area contributed by atoms with Crippen LogP contribution in [0.2, 0.25) is 0 Å². The molecule has 0 N–H and O–H groups in total. The monoisotopic (exact) mass is 420 g/mol. The minimum absolute atomic E-state index is 0.113. The lowest BCUT2D eigenvalue weighted by molar-refractivity contribution is 0.346. The first-order chi connectivity index (χ1) is 13.4. The van der Waals surface area contributed by atoms with Crippen molar-refractivity contribution >= 4 is 25.7 Å². The van der Waals surface area contributed by atoms with Gasteiger partial charge in [0.05, 0.1) is 15.5 Å². The number of aryl methyl sites for hydroxylation is 1. The number of piperidine rings is 1. The second kappa shape index (κ2) is 7.50. The molecule has 1 fully saturated rings. The average Bonchev–Trinajstić information content (AvgIpc) is 2.74. The molecule has 150 valence electrons. The molecule has 0 saturated carbocycles. The lowest BCUT2D eigenvalue weighted by atomic mass is 10.0. The number of nitrogens with zero attached hydrogens (tertiary/aromatic N) is 2. The lowest BCUT2D eigenvalue weighted by Crippen LogP contribution is -2.36. The Bertz CT molecular complexity index is 1060. The molecular weight excluding hydrogens is 396 g/mol. The highest BCUT2D eigenvalue weighted by Crippen LogP contribution is 2.32. The summed E-state index contributed by atoms with van der Waals surface area (Å²) in [5.74, 6) is 0. The summed E-state index contributed by atoms with van der Waals surface area (Å²) in [4.78, 5) is 0.259. The minimum atomic E-state index is -3.74. The number of para-hydroxylation sites is 1. The van der Waals surface area contributed by atoms with E-state index in [0.717, 1.165) is 37.7 Å². The van der Waals surface area contributed by atoms with Gasteiger partial charge in [0.1, 0.15) is 0 Å². The molecular formula is C20H24N2O4S2. The molecule has 0 radical (unpaired) electrons. The second-order valence-corrected chi connectivity index (χ2v) is 11.0. The molecule has 28 heavy (non-hydrogen) atoms. The summed E-state index contributed by atoms with van der Waals surface area (Å²) < 4.78 is 54.8. The van der Waals surface area contributed by atoms with E-state index in [1.165, 1.54) is 32.9 Å². The molecule has 0 bridgehead atoms. The molecule has 2 aromatic carbocycles. The fraction of sp³-hybridized carbons (Fsp3) is 0.400. The summed E-state index contributed by atoms with van der Waals surface area (Å²) >= 11 is 0. The summed E-state index contributed by atoms with van der Waals surface area (Å²) in [6, 6.07) is 13.1. The molecule has 2 aromatic rings. The number of sulfonamides is 2. The van der Waals surface area contributed by atoms with Gasteiger partial charge in [-0.2, -0.15) is 4.31 Å². The maximum absolute atomic E-state index is 13.2. The molecule has 0 spiro atoms. The van der Waals surface area contributed by atoms with Crippen LogP contribution in [0.15, 0.2) is 58.3 Å². The van der Waals surface area contributed by atoms with E-state index in [2.05, 4.69) is 0 Å². The molecule has 4 rings (SSSR count). The van der Waals surface area contributed by atoms with Crippen molar-refractivity contribution in [2.24, 2.45) is 0 Å². The van der Waals surface area contributed by atoms with Gasteiger partial charge in [0.15, 0.2) is 0 Å². The molecule has 0 aliphatic carbocycles. The van der Waals surface area contributed by atoms with E-state index in [-0.39, 0.29) is 9.79 Å². The van der Waals surface area contributed by atoms with E-state index < -0.39 is 20.0 Å². The zero-order chi connectivity index (χ0) is 19.8. The molecule has 0 aromatic heterocycles. The van der Waals surface area contributed by atoms with Crippen molar-refractivity contribution in [2.75, 3.05) is 23.9 Å². The van der Waals surface area contributed by atoms with Gasteiger partial charge in [-0.1, -0.05) is 24.6 Å². The van der Waals surface area contributed by atoms with Gasteiger partial charge >= 0.3 is 0 Å². The Labute approximate surface area is 166 Å². The Hall–Kier alpha value is -1.90. The van der Waals surface area contributed by atoms with Crippen molar-refractivity contribution in [3.63, 3.8) is 0 Å². The van der Waals surface area contributed by atoms with Gasteiger partial charge in [-0.15, -0.1) is 0 Å². The van der Waals surface area contributed by atoms with Gasteiger partial charge in [-0.05, 0) is 61.6 Å². The molecule has 0 atom stereocenters. The third-order valence-corrected chi connectivity index (χ3v) is 9.17. The quantitative estimate of drug-likeness (QED) is 0.762. The largest absolute Gasteiger partial charge is 0.266 e. The Morgan fingerprint density at radius 2 is 1.25 bits per heavy atom. The highest BCUT2D eigenvalue weighted by Gasteiger charge is 2.30. The Kier molecular flexibility index (Phi) is 5.20. The molecule has 0 unspecified atom stereocenters. The maximum Gasteiger partial charge on any atom is 0.264 e. The first kappa shape index (κ1) is 19.4. The smallest absolute Gasteiger partial charge is 0.264 e. The fourth-order valence-corrected chi connectivity index (χ4v) is 6.97. The first-order valence-electron chi connectivity index (χ1n) is 9.61. The molecule has 2 heterocycles. The van der Waals surface area contributed by atoms with Crippen LogP contribution in [0, 0.1) is 0 Å². The van der Waals surface area contributed by atoms with Crippen molar-refractivity contribution in [2.45, 2.75) is 41.9 Å². The number of anilines is 1. The van der Waals surface area contributed by atoms with Gasteiger partial charge < -0.3 is 0 Å². The number of hydrogen-bond donors (Lipinski definition) is 0. The fourth-order valence-electron chi connectivity index (χ4n) is 3.91. The van der Waals surface area contributed by atoms with Crippen molar-refractivity contribution in [3.05, 3.63) is 54.1 Å². The van der Waals surface area contributed by atoms with Crippen LogP contribution in [0.1, 0.15) is 31.2 Å². The highest BCUT2D eigenvalue weighted by atomic mass is 32.2. The lowest BCUT2D eigenvalue weighted by Gasteiger charge is -2.30. The van der Waals surface area contributed by atoms with Crippen LogP contribution in [0.4, 0.5) is 5.69 Å². The minimum Gasteiger partial charge on any atom is -0.266 e. The Morgan fingerprint density at radius 3 is 1.93 bits per heavy atom. The van der Waals surface area contributed by atoms with Crippen LogP contribution in [0.25, 0.3) is 0 Å². The highest BCUT2D eigenvalue weighted by molar-refractivity contribution is 7.93. The zero-order valence-corrected chi connectivity index (χ0v) is 17.3. The van der Waals surface area contributed by atoms with Crippen LogP contribution in [-0.2, 0) is 26.5 Å². The van der Waals surface area contributed by atoms with E-state index in [9.17, 15) is 16.8 Å². The van der Waals surface area contributed by atoms with Crippen molar-refractivity contribution < 1.29 is 16.8 Å². The number of fused-ring (bicyclic) bond motifs is 1. The van der Waals surface area contributed by atoms with Crippen molar-refractivity contribution in [1.29, 1.82) is 0 Å². The summed E-state index contributed by atoms with van der Waals surface area (Å²) in [6.07, 6.45) is 4.38. The van der Waals surface area contributed by atoms with E-state index >= 15 is 0 Å². The molecule has 6 nitrogen and oxygen atoms in total. The van der Waals surface area contributed by atoms with E-state index in [0.29, 0.717) is 25.3 Å². The van der Waals surface area contributed by atoms with E-state index in [4.69, 9.17) is 0 Å². The molecule has 1 saturated heterocycles. The van der Waals surface area contributed by atoms with Gasteiger partial charge in [-0.25, -0.2) is 16.8 Å². The van der Waals surface area contributed by atoms with Crippen LogP contribution in [-0.4, -0.2) is 40.8 Å². The van der Waals surface area contributed by atoms with Gasteiger partial charge in [0, 0.05) is 19.6 Å². The third kappa shape index (κ3) is 3.44. The van der Waals surface area contributed by atoms with E-state index in [1.54, 1.807) is 0 Å². The first-order valence-corrected chi connectivity index (χ1v) is 12.5. The predicted molar refractivity (Wildman–Crippen MR) is 108 cm³/mol. The molecule has 8 heteroatoms. The second-order valence-electron chi connectivity index (χ2n) is 7.25. The van der Waals surface area contributed by atoms with Gasteiger partial charge in [0.2, 0.25) is 10.0 Å². The average molecular weight is 421 g/mol. The Morgan fingerprint density at radius 1 is 0.643 bits per heavy atom. The summed E-state index contributed by atoms with van der Waals surface area (Å²) in [7, 11) is -7.31. The molecule has 2 aliphatic heterocycles. The van der Waals surface area contributed by atoms with E-state index in [1.807, 2.05) is 24.3 Å². The van der Waals surface area contributed by atoms with Crippen molar-refractivity contribution in [1.82, 2.24) is 4.31 Å². The van der Waals surface area contributed by atoms with Crippen LogP contribution in [0.5, 0.6) is 0 Å². The van der Waals surface area contributed by atoms with Crippen LogP contribution in [0.3, 0.4) is 0 Å². The van der Waals surface area contributed by atoms with Crippen molar-refractivity contribution in [3.8, 4) is 0 Å². The maximum atomic E-state index is 13.2. The standard InChI is InChI=1S/C20H24N2O4S2/c23-27(24,21-14-4-1-5-15-21)18-10-12-19(13-11-18)28(25,26)22-16-6-8-17-7-2-3-9-20(17)22/h2-3,7,9-13H,1,4-6,8,14-16H2. The van der Waals surface area contributed by atoms with Gasteiger partial charge in [-0.3, -0.25) is 4.31 Å². The topological polar surface area (TPSA) is 74.8 Å². The third-order valence-electron chi connectivity index (χ3n) is 5.43. The van der Waals surface area contributed by atoms with Gasteiger partial charge in [0.25, 0.3) is 10.0 Å². The summed E-state index contributed by atoms with van der Waals surface area (Å²) in [5, 5.41) is 0.